The van der Waals surface area contributed by atoms with Crippen molar-refractivity contribution in [1.82, 2.24) is 0 Å². The molecule has 0 aliphatic heterocycles. The van der Waals surface area contributed by atoms with Gasteiger partial charge in [0, 0.05) is 17.3 Å². The van der Waals surface area contributed by atoms with Crippen molar-refractivity contribution in [3.8, 4) is 16.9 Å². The average Bonchev–Trinajstić information content (AvgIpc) is 2.65. The third-order valence-electron chi connectivity index (χ3n) is 5.22. The Morgan fingerprint density at radius 3 is 2.42 bits per heavy atom. The molecule has 5 heteroatoms. The SMILES string of the molecule is CC1CCCC(N=Cc2cccc(-c3ccccc3)c2O)C1C.[Cl][Zr][Cl]. The predicted molar refractivity (Wildman–Crippen MR) is 109 cm³/mol. The van der Waals surface area contributed by atoms with E-state index in [0.29, 0.717) is 17.7 Å². The number of hydrogen-bond donors (Lipinski definition) is 1. The van der Waals surface area contributed by atoms with E-state index in [1.54, 1.807) is 0 Å². The summed E-state index contributed by atoms with van der Waals surface area (Å²) >= 11 is -0.826. The Hall–Kier alpha value is -0.627. The van der Waals surface area contributed by atoms with Crippen LogP contribution >= 0.6 is 17.0 Å². The van der Waals surface area contributed by atoms with Crippen LogP contribution in [0.25, 0.3) is 11.1 Å². The molecule has 0 aromatic heterocycles. The van der Waals surface area contributed by atoms with E-state index in [1.165, 1.54) is 12.8 Å². The normalized spacial score (nSPS) is 22.5. The molecule has 2 aromatic carbocycles. The van der Waals surface area contributed by atoms with Gasteiger partial charge < -0.3 is 5.11 Å². The molecule has 0 amide bonds. The van der Waals surface area contributed by atoms with Crippen LogP contribution in [0.2, 0.25) is 0 Å². The average molecular weight is 470 g/mol. The summed E-state index contributed by atoms with van der Waals surface area (Å²) in [6.45, 7) is 4.62. The number of benzene rings is 2. The Morgan fingerprint density at radius 2 is 1.73 bits per heavy atom. The van der Waals surface area contributed by atoms with Gasteiger partial charge >= 0.3 is 37.9 Å². The first-order valence-corrected chi connectivity index (χ1v) is 15.3. The standard InChI is InChI=1S/C21H25NO.2ClH.Zr/c1-15-8-6-13-20(16(15)2)22-14-18-11-7-12-19(21(18)23)17-9-4-3-5-10-17;;;/h3-5,7,9-12,14-16,20,23H,6,8,13H2,1-2H3;2*1H;/q;;;+2/p-2. The molecule has 0 saturated heterocycles. The molecule has 2 aromatic rings. The summed E-state index contributed by atoms with van der Waals surface area (Å²) in [5.41, 5.74) is 2.69. The molecule has 1 fully saturated rings. The van der Waals surface area contributed by atoms with Gasteiger partial charge in [-0.3, -0.25) is 4.99 Å². The number of phenols is 1. The number of rotatable bonds is 3. The fourth-order valence-corrected chi connectivity index (χ4v) is 3.46. The first-order valence-electron chi connectivity index (χ1n) is 8.95. The Labute approximate surface area is 175 Å². The summed E-state index contributed by atoms with van der Waals surface area (Å²) in [5, 5.41) is 10.6. The third-order valence-corrected chi connectivity index (χ3v) is 5.22. The second-order valence-electron chi connectivity index (χ2n) is 6.79. The molecule has 0 bridgehead atoms. The van der Waals surface area contributed by atoms with Crippen LogP contribution in [0.15, 0.2) is 53.5 Å². The number of aromatic hydroxyl groups is 1. The van der Waals surface area contributed by atoms with Gasteiger partial charge in [-0.25, -0.2) is 0 Å². The van der Waals surface area contributed by atoms with Crippen LogP contribution in [0.1, 0.15) is 38.7 Å². The van der Waals surface area contributed by atoms with Crippen LogP contribution in [0.4, 0.5) is 0 Å². The van der Waals surface area contributed by atoms with Gasteiger partial charge in [-0.15, -0.1) is 0 Å². The summed E-state index contributed by atoms with van der Waals surface area (Å²) in [6, 6.07) is 16.2. The van der Waals surface area contributed by atoms with E-state index >= 15 is 0 Å². The molecule has 1 saturated carbocycles. The number of para-hydroxylation sites is 1. The number of aliphatic imine (C=N–C) groups is 1. The zero-order valence-electron chi connectivity index (χ0n) is 15.2. The second-order valence-corrected chi connectivity index (χ2v) is 10.5. The first-order chi connectivity index (χ1) is 12.6. The number of phenolic OH excluding ortho intramolecular Hbond substituents is 1. The van der Waals surface area contributed by atoms with E-state index in [2.05, 4.69) is 13.8 Å². The van der Waals surface area contributed by atoms with E-state index in [-0.39, 0.29) is 0 Å². The minimum absolute atomic E-state index is 0.318. The van der Waals surface area contributed by atoms with Gasteiger partial charge in [-0.1, -0.05) is 69.2 Å². The summed E-state index contributed by atoms with van der Waals surface area (Å²) in [5.74, 6) is 1.66. The fourth-order valence-electron chi connectivity index (χ4n) is 3.46. The van der Waals surface area contributed by atoms with Crippen molar-refractivity contribution in [2.75, 3.05) is 0 Å². The van der Waals surface area contributed by atoms with Crippen molar-refractivity contribution in [3.63, 3.8) is 0 Å². The van der Waals surface area contributed by atoms with E-state index in [4.69, 9.17) is 22.0 Å². The molecule has 3 rings (SSSR count). The summed E-state index contributed by atoms with van der Waals surface area (Å²) < 4.78 is 0. The quantitative estimate of drug-likeness (QED) is 0.500. The number of nitrogens with zero attached hydrogens (tertiary/aromatic N) is 1. The topological polar surface area (TPSA) is 32.6 Å². The second kappa shape index (κ2) is 11.3. The molecule has 2 nitrogen and oxygen atoms in total. The molecule has 0 radical (unpaired) electrons. The Bertz CT molecular complexity index is 708. The van der Waals surface area contributed by atoms with Gasteiger partial charge in [0.25, 0.3) is 0 Å². The van der Waals surface area contributed by atoms with Crippen molar-refractivity contribution in [2.24, 2.45) is 16.8 Å². The van der Waals surface area contributed by atoms with E-state index in [9.17, 15) is 5.11 Å². The Balaban J connectivity index is 0.000000758. The summed E-state index contributed by atoms with van der Waals surface area (Å²) in [4.78, 5) is 4.80. The van der Waals surface area contributed by atoms with Gasteiger partial charge in [-0.2, -0.15) is 0 Å². The molecule has 26 heavy (non-hydrogen) atoms. The maximum atomic E-state index is 10.6. The van der Waals surface area contributed by atoms with Gasteiger partial charge in [0.15, 0.2) is 0 Å². The fraction of sp³-hybridized carbons (Fsp3) is 0.381. The molecule has 1 aliphatic rings. The number of hydrogen-bond acceptors (Lipinski definition) is 2. The number of halogens is 2. The van der Waals surface area contributed by atoms with E-state index in [1.807, 2.05) is 54.7 Å². The molecule has 0 heterocycles. The van der Waals surface area contributed by atoms with Gasteiger partial charge in [0.1, 0.15) is 5.75 Å². The first kappa shape index (κ1) is 21.7. The van der Waals surface area contributed by atoms with E-state index in [0.717, 1.165) is 29.0 Å². The molecular weight excluding hydrogens is 444 g/mol. The molecular formula is C21H25Cl2NOZr. The predicted octanol–water partition coefficient (Wildman–Crippen LogP) is 6.68. The molecule has 3 atom stereocenters. The van der Waals surface area contributed by atoms with Crippen molar-refractivity contribution in [2.45, 2.75) is 39.2 Å². The Kier molecular flexibility index (Phi) is 9.39. The van der Waals surface area contributed by atoms with Crippen LogP contribution in [-0.4, -0.2) is 17.4 Å². The molecule has 1 N–H and O–H groups in total. The third kappa shape index (κ3) is 5.94. The van der Waals surface area contributed by atoms with Crippen LogP contribution in [0.3, 0.4) is 0 Å². The van der Waals surface area contributed by atoms with Crippen LogP contribution in [0, 0.1) is 11.8 Å². The summed E-state index contributed by atoms with van der Waals surface area (Å²) in [7, 11) is 9.87. The Morgan fingerprint density at radius 1 is 1.04 bits per heavy atom. The van der Waals surface area contributed by atoms with Crippen LogP contribution < -0.4 is 0 Å². The van der Waals surface area contributed by atoms with Gasteiger partial charge in [-0.05, 0) is 29.9 Å². The van der Waals surface area contributed by atoms with Crippen LogP contribution in [0.5, 0.6) is 5.75 Å². The maximum absolute atomic E-state index is 10.6. The zero-order valence-corrected chi connectivity index (χ0v) is 19.2. The van der Waals surface area contributed by atoms with Gasteiger partial charge in [0.2, 0.25) is 0 Å². The van der Waals surface area contributed by atoms with Crippen molar-refractivity contribution >= 4 is 23.2 Å². The molecule has 0 spiro atoms. The zero-order chi connectivity index (χ0) is 18.9. The van der Waals surface area contributed by atoms with Crippen molar-refractivity contribution in [3.05, 3.63) is 54.1 Å². The van der Waals surface area contributed by atoms with Crippen molar-refractivity contribution in [1.29, 1.82) is 0 Å². The molecule has 3 unspecified atom stereocenters. The minimum atomic E-state index is -0.826. The molecule has 138 valence electrons. The van der Waals surface area contributed by atoms with E-state index < -0.39 is 20.8 Å². The van der Waals surface area contributed by atoms with Crippen molar-refractivity contribution < 1.29 is 26.0 Å². The van der Waals surface area contributed by atoms with Crippen LogP contribution in [-0.2, 0) is 20.8 Å². The summed E-state index contributed by atoms with van der Waals surface area (Å²) in [6.07, 6.45) is 5.58. The van der Waals surface area contributed by atoms with Gasteiger partial charge in [0.05, 0.1) is 6.04 Å². The monoisotopic (exact) mass is 467 g/mol. The molecule has 1 aliphatic carbocycles.